The Morgan fingerprint density at radius 2 is 2.13 bits per heavy atom. The number of aryl methyl sites for hydroxylation is 1. The molecule has 0 amide bonds. The minimum absolute atomic E-state index is 0.638. The molecule has 1 aliphatic heterocycles. The molecule has 2 heterocycles. The summed E-state index contributed by atoms with van der Waals surface area (Å²) in [5.41, 5.74) is 1.30. The zero-order valence-corrected chi connectivity index (χ0v) is 9.61. The number of rotatable bonds is 2. The van der Waals surface area contributed by atoms with E-state index in [1.807, 2.05) is 19.3 Å². The maximum absolute atomic E-state index is 4.28. The molecule has 0 aromatic carbocycles. The van der Waals surface area contributed by atoms with Crippen LogP contribution in [0.5, 0.6) is 0 Å². The number of nitrogens with zero attached hydrogens (tertiary/aromatic N) is 3. The third-order valence-electron chi connectivity index (χ3n) is 3.23. The summed E-state index contributed by atoms with van der Waals surface area (Å²) in [7, 11) is 0. The topological polar surface area (TPSA) is 29.0 Å². The van der Waals surface area contributed by atoms with Gasteiger partial charge in [0.2, 0.25) is 0 Å². The second kappa shape index (κ2) is 4.71. The van der Waals surface area contributed by atoms with Crippen molar-refractivity contribution in [2.24, 2.45) is 0 Å². The number of hydrogen-bond acceptors (Lipinski definition) is 3. The Morgan fingerprint density at radius 3 is 2.80 bits per heavy atom. The van der Waals surface area contributed by atoms with Crippen molar-refractivity contribution in [3.8, 4) is 0 Å². The summed E-state index contributed by atoms with van der Waals surface area (Å²) in [5, 5.41) is 0. The van der Waals surface area contributed by atoms with E-state index in [1.54, 1.807) is 0 Å². The molecule has 1 atom stereocenters. The van der Waals surface area contributed by atoms with Crippen LogP contribution in [-0.4, -0.2) is 34.5 Å². The molecule has 1 aromatic heterocycles. The quantitative estimate of drug-likeness (QED) is 0.739. The lowest BCUT2D eigenvalue weighted by atomic mass is 9.92. The highest BCUT2D eigenvalue weighted by atomic mass is 15.1. The molecule has 0 spiro atoms. The fourth-order valence-corrected chi connectivity index (χ4v) is 2.23. The molecule has 15 heavy (non-hydrogen) atoms. The molecule has 1 aliphatic rings. The Kier molecular flexibility index (Phi) is 3.31. The van der Waals surface area contributed by atoms with Crippen molar-refractivity contribution in [1.82, 2.24) is 14.9 Å². The molecule has 2 rings (SSSR count). The maximum atomic E-state index is 4.28. The van der Waals surface area contributed by atoms with Crippen LogP contribution >= 0.6 is 0 Å². The first-order valence-electron chi connectivity index (χ1n) is 5.80. The predicted molar refractivity (Wildman–Crippen MR) is 60.9 cm³/mol. The Hall–Kier alpha value is -0.960. The van der Waals surface area contributed by atoms with Crippen molar-refractivity contribution in [1.29, 1.82) is 0 Å². The van der Waals surface area contributed by atoms with Crippen molar-refractivity contribution in [2.75, 3.05) is 19.6 Å². The standard InChI is InChI=1S/C12H19N3/c1-3-15-6-4-5-11(9-15)12-7-13-10(2)14-8-12/h7-8,11H,3-6,9H2,1-2H3/t11-/m0/s1. The summed E-state index contributed by atoms with van der Waals surface area (Å²) in [4.78, 5) is 11.1. The Morgan fingerprint density at radius 1 is 1.40 bits per heavy atom. The van der Waals surface area contributed by atoms with Gasteiger partial charge in [0, 0.05) is 18.9 Å². The Bertz CT molecular complexity index is 307. The van der Waals surface area contributed by atoms with Crippen LogP contribution in [-0.2, 0) is 0 Å². The van der Waals surface area contributed by atoms with Gasteiger partial charge >= 0.3 is 0 Å². The lowest BCUT2D eigenvalue weighted by Gasteiger charge is -2.31. The van der Waals surface area contributed by atoms with Gasteiger partial charge in [-0.15, -0.1) is 0 Å². The van der Waals surface area contributed by atoms with E-state index in [9.17, 15) is 0 Å². The van der Waals surface area contributed by atoms with Crippen LogP contribution in [0.25, 0.3) is 0 Å². The summed E-state index contributed by atoms with van der Waals surface area (Å²) in [5.74, 6) is 1.50. The molecule has 0 unspecified atom stereocenters. The molecule has 3 nitrogen and oxygen atoms in total. The lowest BCUT2D eigenvalue weighted by Crippen LogP contribution is -2.34. The van der Waals surface area contributed by atoms with E-state index < -0.39 is 0 Å². The van der Waals surface area contributed by atoms with Crippen LogP contribution in [0.15, 0.2) is 12.4 Å². The average molecular weight is 205 g/mol. The summed E-state index contributed by atoms with van der Waals surface area (Å²) >= 11 is 0. The van der Waals surface area contributed by atoms with Crippen molar-refractivity contribution < 1.29 is 0 Å². The number of hydrogen-bond donors (Lipinski definition) is 0. The first kappa shape index (κ1) is 10.6. The highest BCUT2D eigenvalue weighted by Gasteiger charge is 2.20. The van der Waals surface area contributed by atoms with Crippen molar-refractivity contribution in [3.63, 3.8) is 0 Å². The van der Waals surface area contributed by atoms with E-state index in [0.29, 0.717) is 5.92 Å². The molecule has 1 saturated heterocycles. The van der Waals surface area contributed by atoms with Gasteiger partial charge in [-0.3, -0.25) is 0 Å². The molecule has 0 bridgehead atoms. The summed E-state index contributed by atoms with van der Waals surface area (Å²) in [6.07, 6.45) is 6.56. The van der Waals surface area contributed by atoms with Gasteiger partial charge in [-0.2, -0.15) is 0 Å². The van der Waals surface area contributed by atoms with Crippen molar-refractivity contribution in [2.45, 2.75) is 32.6 Å². The molecular weight excluding hydrogens is 186 g/mol. The van der Waals surface area contributed by atoms with E-state index in [0.717, 1.165) is 12.4 Å². The van der Waals surface area contributed by atoms with Crippen LogP contribution < -0.4 is 0 Å². The van der Waals surface area contributed by atoms with E-state index in [-0.39, 0.29) is 0 Å². The highest BCUT2D eigenvalue weighted by Crippen LogP contribution is 2.25. The van der Waals surface area contributed by atoms with Gasteiger partial charge in [0.1, 0.15) is 5.82 Å². The van der Waals surface area contributed by atoms with Gasteiger partial charge in [-0.05, 0) is 44.3 Å². The lowest BCUT2D eigenvalue weighted by molar-refractivity contribution is 0.217. The van der Waals surface area contributed by atoms with Crippen LogP contribution in [0, 0.1) is 6.92 Å². The smallest absolute Gasteiger partial charge is 0.125 e. The van der Waals surface area contributed by atoms with Crippen LogP contribution in [0.2, 0.25) is 0 Å². The minimum Gasteiger partial charge on any atom is -0.303 e. The first-order valence-corrected chi connectivity index (χ1v) is 5.80. The second-order valence-corrected chi connectivity index (χ2v) is 4.30. The van der Waals surface area contributed by atoms with Crippen molar-refractivity contribution >= 4 is 0 Å². The third kappa shape index (κ3) is 2.53. The first-order chi connectivity index (χ1) is 7.29. The van der Waals surface area contributed by atoms with Gasteiger partial charge < -0.3 is 4.90 Å². The molecule has 1 fully saturated rings. The Balaban J connectivity index is 2.06. The van der Waals surface area contributed by atoms with E-state index >= 15 is 0 Å². The average Bonchev–Trinajstić information content (AvgIpc) is 2.30. The molecular formula is C12H19N3. The molecule has 0 aliphatic carbocycles. The molecule has 3 heteroatoms. The summed E-state index contributed by atoms with van der Waals surface area (Å²) in [6, 6.07) is 0. The summed E-state index contributed by atoms with van der Waals surface area (Å²) in [6.45, 7) is 7.74. The SMILES string of the molecule is CCN1CCC[C@H](c2cnc(C)nc2)C1. The molecule has 0 N–H and O–H groups in total. The maximum Gasteiger partial charge on any atom is 0.125 e. The molecule has 0 radical (unpaired) electrons. The van der Waals surface area contributed by atoms with E-state index in [1.165, 1.54) is 31.5 Å². The molecule has 1 aromatic rings. The zero-order chi connectivity index (χ0) is 10.7. The largest absolute Gasteiger partial charge is 0.303 e. The van der Waals surface area contributed by atoms with Gasteiger partial charge in [0.15, 0.2) is 0 Å². The minimum atomic E-state index is 0.638. The predicted octanol–water partition coefficient (Wildman–Crippen LogP) is 1.98. The number of piperidine rings is 1. The normalized spacial score (nSPS) is 22.9. The highest BCUT2D eigenvalue weighted by molar-refractivity contribution is 5.13. The van der Waals surface area contributed by atoms with E-state index in [4.69, 9.17) is 0 Å². The zero-order valence-electron chi connectivity index (χ0n) is 9.61. The van der Waals surface area contributed by atoms with Gasteiger partial charge in [0.25, 0.3) is 0 Å². The van der Waals surface area contributed by atoms with Crippen LogP contribution in [0.4, 0.5) is 0 Å². The number of aromatic nitrogens is 2. The van der Waals surface area contributed by atoms with Crippen LogP contribution in [0.1, 0.15) is 37.1 Å². The van der Waals surface area contributed by atoms with Gasteiger partial charge in [0.05, 0.1) is 0 Å². The fraction of sp³-hybridized carbons (Fsp3) is 0.667. The summed E-state index contributed by atoms with van der Waals surface area (Å²) < 4.78 is 0. The second-order valence-electron chi connectivity index (χ2n) is 4.30. The number of likely N-dealkylation sites (N-methyl/N-ethyl adjacent to an activating group) is 1. The van der Waals surface area contributed by atoms with Gasteiger partial charge in [-0.25, -0.2) is 9.97 Å². The van der Waals surface area contributed by atoms with Crippen molar-refractivity contribution in [3.05, 3.63) is 23.8 Å². The monoisotopic (exact) mass is 205 g/mol. The van der Waals surface area contributed by atoms with E-state index in [2.05, 4.69) is 21.8 Å². The Labute approximate surface area is 91.5 Å². The molecule has 0 saturated carbocycles. The number of likely N-dealkylation sites (tertiary alicyclic amines) is 1. The third-order valence-corrected chi connectivity index (χ3v) is 3.23. The van der Waals surface area contributed by atoms with Gasteiger partial charge in [-0.1, -0.05) is 6.92 Å². The van der Waals surface area contributed by atoms with Crippen LogP contribution in [0.3, 0.4) is 0 Å². The molecule has 82 valence electrons. The fourth-order valence-electron chi connectivity index (χ4n) is 2.23.